The number of hydrogen-bond donors (Lipinski definition) is 1. The maximum absolute atomic E-state index is 11.7. The van der Waals surface area contributed by atoms with Crippen LogP contribution in [-0.4, -0.2) is 24.0 Å². The minimum absolute atomic E-state index is 0.0365. The zero-order chi connectivity index (χ0) is 11.3. The normalized spacial score (nSPS) is 9.80. The molecule has 0 atom stereocenters. The van der Waals surface area contributed by atoms with E-state index in [1.54, 1.807) is 4.90 Å². The summed E-state index contributed by atoms with van der Waals surface area (Å²) in [4.78, 5) is 13.5. The predicted molar refractivity (Wildman–Crippen MR) is 63.1 cm³/mol. The lowest BCUT2D eigenvalue weighted by Gasteiger charge is -2.19. The van der Waals surface area contributed by atoms with Gasteiger partial charge in [0.1, 0.15) is 0 Å². The zero-order valence-corrected chi connectivity index (χ0v) is 9.58. The van der Waals surface area contributed by atoms with Crippen LogP contribution in [0.2, 0.25) is 0 Å². The van der Waals surface area contributed by atoms with E-state index in [0.29, 0.717) is 0 Å². The Bertz CT molecular complexity index is 332. The van der Waals surface area contributed by atoms with Crippen LogP contribution in [0.15, 0.2) is 24.3 Å². The molecular formula is C12H18N2O. The van der Waals surface area contributed by atoms with Crippen molar-refractivity contribution in [3.63, 3.8) is 0 Å². The Morgan fingerprint density at radius 1 is 1.33 bits per heavy atom. The molecule has 0 aliphatic carbocycles. The summed E-state index contributed by atoms with van der Waals surface area (Å²) in [6.07, 6.45) is 0. The molecule has 0 spiro atoms. The Morgan fingerprint density at radius 2 is 2.00 bits per heavy atom. The lowest BCUT2D eigenvalue weighted by atomic mass is 10.2. The summed E-state index contributed by atoms with van der Waals surface area (Å²) >= 11 is 0. The summed E-state index contributed by atoms with van der Waals surface area (Å²) in [7, 11) is 0. The molecule has 1 aromatic rings. The van der Waals surface area contributed by atoms with Crippen LogP contribution in [0.1, 0.15) is 19.4 Å². The van der Waals surface area contributed by atoms with Crippen LogP contribution in [0.4, 0.5) is 10.5 Å². The van der Waals surface area contributed by atoms with Gasteiger partial charge in [0, 0.05) is 18.8 Å². The molecule has 1 rings (SSSR count). The number of urea groups is 1. The SMILES string of the molecule is CCN(CC)C(=O)Nc1cccc(C)c1. The number of anilines is 1. The highest BCUT2D eigenvalue weighted by Crippen LogP contribution is 2.10. The van der Waals surface area contributed by atoms with Crippen molar-refractivity contribution < 1.29 is 4.79 Å². The summed E-state index contributed by atoms with van der Waals surface area (Å²) in [6, 6.07) is 7.77. The quantitative estimate of drug-likeness (QED) is 0.810. The van der Waals surface area contributed by atoms with Gasteiger partial charge in [-0.25, -0.2) is 4.79 Å². The number of carbonyl (C=O) groups is 1. The van der Waals surface area contributed by atoms with E-state index in [0.717, 1.165) is 24.3 Å². The first kappa shape index (κ1) is 11.6. The third kappa shape index (κ3) is 3.27. The maximum Gasteiger partial charge on any atom is 0.321 e. The number of carbonyl (C=O) groups excluding carboxylic acids is 1. The maximum atomic E-state index is 11.7. The molecule has 82 valence electrons. The third-order valence-electron chi connectivity index (χ3n) is 2.32. The van der Waals surface area contributed by atoms with E-state index >= 15 is 0 Å². The van der Waals surface area contributed by atoms with Gasteiger partial charge in [-0.05, 0) is 38.5 Å². The van der Waals surface area contributed by atoms with Gasteiger partial charge in [-0.2, -0.15) is 0 Å². The number of aryl methyl sites for hydroxylation is 1. The molecule has 0 aliphatic heterocycles. The van der Waals surface area contributed by atoms with E-state index in [4.69, 9.17) is 0 Å². The number of rotatable bonds is 3. The van der Waals surface area contributed by atoms with Gasteiger partial charge in [0.25, 0.3) is 0 Å². The molecule has 3 heteroatoms. The van der Waals surface area contributed by atoms with Crippen molar-refractivity contribution in [3.05, 3.63) is 29.8 Å². The van der Waals surface area contributed by atoms with Gasteiger partial charge in [0.2, 0.25) is 0 Å². The second-order valence-electron chi connectivity index (χ2n) is 3.47. The van der Waals surface area contributed by atoms with Gasteiger partial charge in [-0.1, -0.05) is 12.1 Å². The smallest absolute Gasteiger partial charge is 0.321 e. The fourth-order valence-electron chi connectivity index (χ4n) is 1.44. The molecule has 0 saturated carbocycles. The molecule has 0 saturated heterocycles. The van der Waals surface area contributed by atoms with Gasteiger partial charge in [0.05, 0.1) is 0 Å². The number of nitrogens with zero attached hydrogens (tertiary/aromatic N) is 1. The highest BCUT2D eigenvalue weighted by Gasteiger charge is 2.08. The average Bonchev–Trinajstić information content (AvgIpc) is 2.19. The highest BCUT2D eigenvalue weighted by molar-refractivity contribution is 5.89. The van der Waals surface area contributed by atoms with Crippen LogP contribution < -0.4 is 5.32 Å². The Balaban J connectivity index is 2.65. The van der Waals surface area contributed by atoms with Gasteiger partial charge in [0.15, 0.2) is 0 Å². The standard InChI is InChI=1S/C12H18N2O/c1-4-14(5-2)12(15)13-11-8-6-7-10(3)9-11/h6-9H,4-5H2,1-3H3,(H,13,15). The van der Waals surface area contributed by atoms with Crippen LogP contribution in [0.3, 0.4) is 0 Å². The Kier molecular flexibility index (Phi) is 4.16. The minimum atomic E-state index is -0.0365. The molecule has 1 aromatic carbocycles. The molecule has 0 heterocycles. The van der Waals surface area contributed by atoms with Gasteiger partial charge in [-0.15, -0.1) is 0 Å². The summed E-state index contributed by atoms with van der Waals surface area (Å²) in [6.45, 7) is 7.41. The Labute approximate surface area is 91.1 Å². The van der Waals surface area contributed by atoms with Crippen LogP contribution in [0.25, 0.3) is 0 Å². The number of hydrogen-bond acceptors (Lipinski definition) is 1. The molecule has 0 fully saturated rings. The monoisotopic (exact) mass is 206 g/mol. The summed E-state index contributed by atoms with van der Waals surface area (Å²) < 4.78 is 0. The van der Waals surface area contributed by atoms with Crippen molar-refractivity contribution in [2.24, 2.45) is 0 Å². The summed E-state index contributed by atoms with van der Waals surface area (Å²) in [5, 5.41) is 2.87. The van der Waals surface area contributed by atoms with Crippen LogP contribution in [0.5, 0.6) is 0 Å². The molecule has 0 radical (unpaired) electrons. The molecule has 0 aromatic heterocycles. The molecular weight excluding hydrogens is 188 g/mol. The molecule has 15 heavy (non-hydrogen) atoms. The molecule has 0 aliphatic rings. The van der Waals surface area contributed by atoms with Crippen molar-refractivity contribution >= 4 is 11.7 Å². The first-order valence-corrected chi connectivity index (χ1v) is 5.30. The highest BCUT2D eigenvalue weighted by atomic mass is 16.2. The topological polar surface area (TPSA) is 32.3 Å². The van der Waals surface area contributed by atoms with Crippen molar-refractivity contribution in [2.45, 2.75) is 20.8 Å². The summed E-state index contributed by atoms with van der Waals surface area (Å²) in [5.74, 6) is 0. The van der Waals surface area contributed by atoms with Crippen molar-refractivity contribution in [1.82, 2.24) is 4.90 Å². The van der Waals surface area contributed by atoms with E-state index in [9.17, 15) is 4.79 Å². The molecule has 0 unspecified atom stereocenters. The molecule has 1 N–H and O–H groups in total. The van der Waals surface area contributed by atoms with Crippen molar-refractivity contribution in [2.75, 3.05) is 18.4 Å². The fourth-order valence-corrected chi connectivity index (χ4v) is 1.44. The second kappa shape index (κ2) is 5.39. The van der Waals surface area contributed by atoms with E-state index in [2.05, 4.69) is 5.32 Å². The van der Waals surface area contributed by atoms with E-state index in [1.165, 1.54) is 0 Å². The number of benzene rings is 1. The second-order valence-corrected chi connectivity index (χ2v) is 3.47. The van der Waals surface area contributed by atoms with Gasteiger partial charge >= 0.3 is 6.03 Å². The largest absolute Gasteiger partial charge is 0.325 e. The molecule has 0 bridgehead atoms. The molecule has 3 nitrogen and oxygen atoms in total. The number of amides is 2. The third-order valence-corrected chi connectivity index (χ3v) is 2.32. The predicted octanol–water partition coefficient (Wildman–Crippen LogP) is 2.87. The van der Waals surface area contributed by atoms with E-state index in [1.807, 2.05) is 45.0 Å². The van der Waals surface area contributed by atoms with E-state index < -0.39 is 0 Å². The lowest BCUT2D eigenvalue weighted by molar-refractivity contribution is 0.217. The van der Waals surface area contributed by atoms with Crippen LogP contribution >= 0.6 is 0 Å². The van der Waals surface area contributed by atoms with E-state index in [-0.39, 0.29) is 6.03 Å². The number of nitrogens with one attached hydrogen (secondary N) is 1. The Morgan fingerprint density at radius 3 is 2.53 bits per heavy atom. The summed E-state index contributed by atoms with van der Waals surface area (Å²) in [5.41, 5.74) is 2.00. The Hall–Kier alpha value is -1.51. The van der Waals surface area contributed by atoms with Crippen LogP contribution in [0, 0.1) is 6.92 Å². The molecule has 2 amide bonds. The minimum Gasteiger partial charge on any atom is -0.325 e. The fraction of sp³-hybridized carbons (Fsp3) is 0.417. The van der Waals surface area contributed by atoms with Gasteiger partial charge < -0.3 is 10.2 Å². The first-order chi connectivity index (χ1) is 7.17. The average molecular weight is 206 g/mol. The first-order valence-electron chi connectivity index (χ1n) is 5.30. The van der Waals surface area contributed by atoms with Crippen LogP contribution in [-0.2, 0) is 0 Å². The zero-order valence-electron chi connectivity index (χ0n) is 9.58. The van der Waals surface area contributed by atoms with Gasteiger partial charge in [-0.3, -0.25) is 0 Å². The lowest BCUT2D eigenvalue weighted by Crippen LogP contribution is -2.34. The van der Waals surface area contributed by atoms with Crippen molar-refractivity contribution in [3.8, 4) is 0 Å². The van der Waals surface area contributed by atoms with Crippen molar-refractivity contribution in [1.29, 1.82) is 0 Å².